The molecular weight excluding hydrogens is 563 g/mol. The molecule has 0 aliphatic rings. The molecule has 0 bridgehead atoms. The Morgan fingerprint density at radius 2 is 1.71 bits per heavy atom. The van der Waals surface area contributed by atoms with Gasteiger partial charge in [0.2, 0.25) is 10.0 Å². The fraction of sp³-hybridized carbons (Fsp3) is 0.321. The average molecular weight is 598 g/mol. The van der Waals surface area contributed by atoms with Crippen molar-refractivity contribution in [1.82, 2.24) is 10.0 Å². The van der Waals surface area contributed by atoms with E-state index in [-0.39, 0.29) is 17.7 Å². The number of aryl methyl sites for hydroxylation is 1. The molecule has 10 heteroatoms. The second-order valence-electron chi connectivity index (χ2n) is 9.16. The number of carbonyl (C=O) groups is 1. The number of hydrogen-bond acceptors (Lipinski definition) is 6. The molecule has 0 aliphatic heterocycles. The average Bonchev–Trinajstić information content (AvgIpc) is 2.82. The van der Waals surface area contributed by atoms with E-state index in [0.29, 0.717) is 17.1 Å². The summed E-state index contributed by atoms with van der Waals surface area (Å²) < 4.78 is 25.1. The van der Waals surface area contributed by atoms with Gasteiger partial charge in [-0.25, -0.2) is 13.1 Å². The number of rotatable bonds is 12. The lowest BCUT2D eigenvalue weighted by atomic mass is 10.0. The maximum absolute atomic E-state index is 12.5. The summed E-state index contributed by atoms with van der Waals surface area (Å²) in [4.78, 5) is 13.2. The van der Waals surface area contributed by atoms with E-state index >= 15 is 0 Å². The summed E-state index contributed by atoms with van der Waals surface area (Å²) in [6.07, 6.45) is 2.21. The molecule has 0 radical (unpaired) electrons. The Hall–Kier alpha value is -2.07. The highest BCUT2D eigenvalue weighted by Crippen LogP contribution is 2.32. The van der Waals surface area contributed by atoms with Crippen molar-refractivity contribution in [3.63, 3.8) is 0 Å². The van der Waals surface area contributed by atoms with Crippen LogP contribution in [-0.2, 0) is 16.4 Å². The van der Waals surface area contributed by atoms with Gasteiger partial charge in [-0.3, -0.25) is 4.79 Å². The molecule has 0 aromatic heterocycles. The summed E-state index contributed by atoms with van der Waals surface area (Å²) in [5.74, 6) is -0.624. The number of sulfonamides is 1. The van der Waals surface area contributed by atoms with Gasteiger partial charge in [-0.15, -0.1) is 24.2 Å². The number of aliphatic hydroxyl groups is 1. The van der Waals surface area contributed by atoms with Crippen LogP contribution in [0.4, 0.5) is 0 Å². The van der Waals surface area contributed by atoms with E-state index in [0.717, 1.165) is 47.2 Å². The lowest BCUT2D eigenvalue weighted by Crippen LogP contribution is -2.29. The Bertz CT molecular complexity index is 1320. The van der Waals surface area contributed by atoms with Crippen LogP contribution in [0.3, 0.4) is 0 Å². The third kappa shape index (κ3) is 10.2. The van der Waals surface area contributed by atoms with Gasteiger partial charge in [-0.2, -0.15) is 0 Å². The van der Waals surface area contributed by atoms with E-state index in [2.05, 4.69) is 34.3 Å². The van der Waals surface area contributed by atoms with Crippen LogP contribution in [-0.4, -0.2) is 44.0 Å². The molecule has 0 aliphatic carbocycles. The summed E-state index contributed by atoms with van der Waals surface area (Å²) in [5, 5.41) is 14.4. The van der Waals surface area contributed by atoms with E-state index in [1.54, 1.807) is 18.2 Å². The molecular formula is C28H34Cl2N2O4S2. The van der Waals surface area contributed by atoms with Crippen LogP contribution in [0, 0.1) is 0 Å². The molecule has 1 amide bonds. The number of thioether (sulfide) groups is 1. The first kappa shape index (κ1) is 32.1. The maximum atomic E-state index is 12.5. The zero-order chi connectivity index (χ0) is 27.0. The van der Waals surface area contributed by atoms with Gasteiger partial charge in [0.25, 0.3) is 5.91 Å². The van der Waals surface area contributed by atoms with Crippen molar-refractivity contribution in [1.29, 1.82) is 0 Å². The highest BCUT2D eigenvalue weighted by atomic mass is 35.5. The molecule has 1 atom stereocenters. The van der Waals surface area contributed by atoms with Gasteiger partial charge in [0.05, 0.1) is 17.9 Å². The highest BCUT2D eigenvalue weighted by molar-refractivity contribution is 8.00. The second kappa shape index (κ2) is 14.9. The summed E-state index contributed by atoms with van der Waals surface area (Å²) in [7, 11) is -3.64. The Kier molecular flexibility index (Phi) is 12.6. The van der Waals surface area contributed by atoms with Crippen LogP contribution in [0.15, 0.2) is 71.6 Å². The molecule has 3 aromatic carbocycles. The summed E-state index contributed by atoms with van der Waals surface area (Å²) in [5.41, 5.74) is 4.34. The van der Waals surface area contributed by atoms with E-state index in [9.17, 15) is 18.3 Å². The molecule has 3 rings (SSSR count). The first-order valence-electron chi connectivity index (χ1n) is 12.1. The summed E-state index contributed by atoms with van der Waals surface area (Å²) in [6, 6.07) is 21.0. The van der Waals surface area contributed by atoms with Crippen LogP contribution >= 0.6 is 35.8 Å². The maximum Gasteiger partial charge on any atom is 0.265 e. The molecule has 206 valence electrons. The molecule has 6 nitrogen and oxygen atoms in total. The van der Waals surface area contributed by atoms with Crippen LogP contribution in [0.1, 0.15) is 47.9 Å². The quantitative estimate of drug-likeness (QED) is 0.179. The smallest absolute Gasteiger partial charge is 0.265 e. The van der Waals surface area contributed by atoms with E-state index in [1.165, 1.54) is 17.3 Å². The summed E-state index contributed by atoms with van der Waals surface area (Å²) >= 11 is 7.51. The number of carbonyl (C=O) groups excluding carboxylic acids is 1. The zero-order valence-electron chi connectivity index (χ0n) is 21.6. The molecule has 0 spiro atoms. The molecule has 0 unspecified atom stereocenters. The monoisotopic (exact) mass is 596 g/mol. The van der Waals surface area contributed by atoms with Crippen LogP contribution in [0.2, 0.25) is 5.02 Å². The molecule has 3 N–H and O–H groups in total. The van der Waals surface area contributed by atoms with Gasteiger partial charge >= 0.3 is 0 Å². The topological polar surface area (TPSA) is 95.5 Å². The normalized spacial score (nSPS) is 12.2. The highest BCUT2D eigenvalue weighted by Gasteiger charge is 2.17. The molecule has 38 heavy (non-hydrogen) atoms. The number of hydrogen-bond donors (Lipinski definition) is 3. The Balaban J connectivity index is 0.00000507. The van der Waals surface area contributed by atoms with Crippen molar-refractivity contribution >= 4 is 51.7 Å². The predicted octanol–water partition coefficient (Wildman–Crippen LogP) is 5.87. The first-order chi connectivity index (χ1) is 17.5. The molecule has 0 saturated heterocycles. The van der Waals surface area contributed by atoms with Crippen LogP contribution in [0.25, 0.3) is 11.1 Å². The van der Waals surface area contributed by atoms with Gasteiger partial charge in [-0.1, -0.05) is 67.9 Å². The third-order valence-corrected chi connectivity index (χ3v) is 7.40. The minimum Gasteiger partial charge on any atom is -0.387 e. The largest absolute Gasteiger partial charge is 0.387 e. The van der Waals surface area contributed by atoms with Crippen molar-refractivity contribution in [2.24, 2.45) is 0 Å². The van der Waals surface area contributed by atoms with Gasteiger partial charge in [-0.05, 0) is 65.9 Å². The van der Waals surface area contributed by atoms with Gasteiger partial charge in [0.1, 0.15) is 0 Å². The van der Waals surface area contributed by atoms with E-state index in [1.807, 2.05) is 38.1 Å². The van der Waals surface area contributed by atoms with Gasteiger partial charge in [0.15, 0.2) is 0 Å². The minimum atomic E-state index is -3.64. The van der Waals surface area contributed by atoms with Crippen LogP contribution in [0.5, 0.6) is 0 Å². The van der Waals surface area contributed by atoms with Gasteiger partial charge in [0, 0.05) is 21.7 Å². The van der Waals surface area contributed by atoms with Crippen LogP contribution < -0.4 is 10.0 Å². The number of amides is 1. The van der Waals surface area contributed by atoms with Crippen molar-refractivity contribution in [2.45, 2.75) is 42.9 Å². The van der Waals surface area contributed by atoms with Crippen molar-refractivity contribution in [3.05, 3.63) is 88.4 Å². The Morgan fingerprint density at radius 3 is 2.34 bits per heavy atom. The van der Waals surface area contributed by atoms with Crippen molar-refractivity contribution in [3.8, 4) is 11.1 Å². The van der Waals surface area contributed by atoms with E-state index in [4.69, 9.17) is 11.6 Å². The predicted molar refractivity (Wildman–Crippen MR) is 160 cm³/mol. The fourth-order valence-electron chi connectivity index (χ4n) is 3.82. The fourth-order valence-corrected chi connectivity index (χ4v) is 5.45. The standard InChI is InChI=1S/C28H33ClN2O4S2.ClH/c1-19(2)36-27-17-22(13-14-25(27)28(33)31-37(3,34)35)21-11-9-20(10-12-21)6-5-15-30-18-26(32)23-7-4-8-24(29)16-23;/h4,7-14,16-17,19,26,30,32H,5-6,15,18H2,1-3H3,(H,31,33);1H/t26-;/m1./s1. The van der Waals surface area contributed by atoms with Crippen molar-refractivity contribution in [2.75, 3.05) is 19.3 Å². The van der Waals surface area contributed by atoms with Gasteiger partial charge < -0.3 is 10.4 Å². The number of aliphatic hydroxyl groups excluding tert-OH is 1. The third-order valence-electron chi connectivity index (χ3n) is 5.54. The minimum absolute atomic E-state index is 0. The molecule has 0 fully saturated rings. The number of nitrogens with one attached hydrogen (secondary N) is 2. The Labute approximate surface area is 241 Å². The zero-order valence-corrected chi connectivity index (χ0v) is 24.8. The lowest BCUT2D eigenvalue weighted by molar-refractivity contribution is 0.0979. The molecule has 0 heterocycles. The SMILES string of the molecule is CC(C)Sc1cc(-c2ccc(CCCNC[C@@H](O)c3cccc(Cl)c3)cc2)ccc1C(=O)NS(C)(=O)=O.Cl. The number of halogens is 2. The lowest BCUT2D eigenvalue weighted by Gasteiger charge is -2.14. The summed E-state index contributed by atoms with van der Waals surface area (Å²) in [6.45, 7) is 5.30. The first-order valence-corrected chi connectivity index (χ1v) is 15.2. The van der Waals surface area contributed by atoms with Crippen molar-refractivity contribution < 1.29 is 18.3 Å². The number of benzene rings is 3. The molecule has 3 aromatic rings. The Morgan fingerprint density at radius 1 is 1.03 bits per heavy atom. The van der Waals surface area contributed by atoms with E-state index < -0.39 is 22.0 Å². The second-order valence-corrected chi connectivity index (χ2v) is 13.0. The molecule has 0 saturated carbocycles.